The molecule has 0 saturated carbocycles. The number of rotatable bonds is 6. The van der Waals surface area contributed by atoms with Crippen LogP contribution in [0.5, 0.6) is 6.01 Å². The van der Waals surface area contributed by atoms with E-state index in [9.17, 15) is 28.1 Å². The fourth-order valence-corrected chi connectivity index (χ4v) is 3.42. The van der Waals surface area contributed by atoms with Gasteiger partial charge in [0.1, 0.15) is 0 Å². The van der Waals surface area contributed by atoms with Gasteiger partial charge in [-0.3, -0.25) is 14.9 Å². The van der Waals surface area contributed by atoms with Crippen LogP contribution in [0.1, 0.15) is 21.5 Å². The molecule has 1 heterocycles. The van der Waals surface area contributed by atoms with Crippen LogP contribution in [0.15, 0.2) is 66.7 Å². The van der Waals surface area contributed by atoms with Crippen molar-refractivity contribution in [2.45, 2.75) is 13.1 Å². The predicted molar refractivity (Wildman–Crippen MR) is 124 cm³/mol. The summed E-state index contributed by atoms with van der Waals surface area (Å²) in [6.45, 7) is 1.57. The van der Waals surface area contributed by atoms with E-state index in [0.717, 1.165) is 12.1 Å². The van der Waals surface area contributed by atoms with Gasteiger partial charge in [-0.15, -0.1) is 5.10 Å². The molecule has 12 heteroatoms. The number of carbonyl (C=O) groups excluding carboxylic acids is 1. The van der Waals surface area contributed by atoms with Crippen molar-refractivity contribution in [1.82, 2.24) is 14.8 Å². The largest absolute Gasteiger partial charge is 0.466 e. The van der Waals surface area contributed by atoms with Gasteiger partial charge in [-0.25, -0.2) is 4.68 Å². The number of nitrogens with zero attached hydrogens (tertiary/aromatic N) is 4. The normalized spacial score (nSPS) is 11.2. The Bertz CT molecular complexity index is 1450. The molecule has 1 amide bonds. The van der Waals surface area contributed by atoms with Gasteiger partial charge in [0.25, 0.3) is 11.6 Å². The second kappa shape index (κ2) is 9.49. The molecule has 0 aliphatic heterocycles. The molecule has 0 spiro atoms. The van der Waals surface area contributed by atoms with Crippen molar-refractivity contribution >= 4 is 17.3 Å². The highest BCUT2D eigenvalue weighted by Gasteiger charge is 2.31. The summed E-state index contributed by atoms with van der Waals surface area (Å²) >= 11 is 0. The lowest BCUT2D eigenvalue weighted by Gasteiger charge is -2.10. The highest BCUT2D eigenvalue weighted by atomic mass is 19.4. The van der Waals surface area contributed by atoms with Crippen LogP contribution in [0, 0.1) is 17.0 Å². The highest BCUT2D eigenvalue weighted by Crippen LogP contribution is 2.33. The molecule has 3 aromatic carbocycles. The van der Waals surface area contributed by atoms with Crippen molar-refractivity contribution in [3.63, 3.8) is 0 Å². The summed E-state index contributed by atoms with van der Waals surface area (Å²) in [7, 11) is 1.34. The number of nitrogens with one attached hydrogen (secondary N) is 1. The van der Waals surface area contributed by atoms with E-state index in [1.54, 1.807) is 31.2 Å². The monoisotopic (exact) mass is 497 g/mol. The van der Waals surface area contributed by atoms with Crippen molar-refractivity contribution in [2.75, 3.05) is 12.4 Å². The molecule has 0 radical (unpaired) electrons. The van der Waals surface area contributed by atoms with E-state index in [4.69, 9.17) is 4.74 Å². The lowest BCUT2D eigenvalue weighted by Crippen LogP contribution is -2.12. The van der Waals surface area contributed by atoms with Gasteiger partial charge >= 0.3 is 12.2 Å². The molecule has 36 heavy (non-hydrogen) atoms. The number of anilines is 1. The minimum Gasteiger partial charge on any atom is -0.466 e. The van der Waals surface area contributed by atoms with Gasteiger partial charge in [0.15, 0.2) is 5.82 Å². The summed E-state index contributed by atoms with van der Waals surface area (Å²) in [5.41, 5.74) is 0.564. The maximum Gasteiger partial charge on any atom is 0.416 e. The van der Waals surface area contributed by atoms with E-state index in [1.165, 1.54) is 42.1 Å². The van der Waals surface area contributed by atoms with Gasteiger partial charge in [0.05, 0.1) is 23.3 Å². The van der Waals surface area contributed by atoms with Crippen LogP contribution < -0.4 is 10.1 Å². The van der Waals surface area contributed by atoms with Crippen molar-refractivity contribution in [3.05, 3.63) is 93.5 Å². The third kappa shape index (κ3) is 5.02. The number of benzene rings is 3. The first-order chi connectivity index (χ1) is 17.1. The van der Waals surface area contributed by atoms with Gasteiger partial charge in [-0.2, -0.15) is 18.2 Å². The lowest BCUT2D eigenvalue weighted by molar-refractivity contribution is -0.385. The molecule has 1 aromatic heterocycles. The minimum absolute atomic E-state index is 0.0410. The number of nitro groups is 1. The Kier molecular flexibility index (Phi) is 6.43. The second-order valence-electron chi connectivity index (χ2n) is 7.67. The third-order valence-corrected chi connectivity index (χ3v) is 5.26. The van der Waals surface area contributed by atoms with E-state index in [-0.39, 0.29) is 28.6 Å². The number of aromatic nitrogens is 3. The van der Waals surface area contributed by atoms with E-state index < -0.39 is 22.6 Å². The number of amides is 1. The number of alkyl halides is 3. The summed E-state index contributed by atoms with van der Waals surface area (Å²) in [5, 5.41) is 18.0. The van der Waals surface area contributed by atoms with Gasteiger partial charge < -0.3 is 10.1 Å². The molecule has 0 bridgehead atoms. The van der Waals surface area contributed by atoms with Crippen LogP contribution in [0.2, 0.25) is 0 Å². The highest BCUT2D eigenvalue weighted by molar-refractivity contribution is 6.04. The Balaban J connectivity index is 1.62. The maximum atomic E-state index is 13.2. The molecular weight excluding hydrogens is 479 g/mol. The first kappa shape index (κ1) is 24.4. The van der Waals surface area contributed by atoms with Crippen molar-refractivity contribution in [1.29, 1.82) is 0 Å². The number of ether oxygens (including phenoxy) is 1. The number of aryl methyl sites for hydroxylation is 1. The van der Waals surface area contributed by atoms with Crippen molar-refractivity contribution in [3.8, 4) is 23.1 Å². The van der Waals surface area contributed by atoms with Gasteiger partial charge in [0, 0.05) is 28.4 Å². The fraction of sp³-hybridized carbons (Fsp3) is 0.125. The quantitative estimate of drug-likeness (QED) is 0.281. The molecule has 0 unspecified atom stereocenters. The summed E-state index contributed by atoms with van der Waals surface area (Å²) in [4.78, 5) is 27.3. The lowest BCUT2D eigenvalue weighted by atomic mass is 10.1. The summed E-state index contributed by atoms with van der Waals surface area (Å²) < 4.78 is 46.0. The Morgan fingerprint density at radius 2 is 1.81 bits per heavy atom. The molecule has 0 fully saturated rings. The minimum atomic E-state index is -4.53. The average Bonchev–Trinajstić information content (AvgIpc) is 3.29. The molecule has 9 nitrogen and oxygen atoms in total. The number of nitro benzene ring substituents is 1. The molecule has 4 rings (SSSR count). The van der Waals surface area contributed by atoms with E-state index in [0.29, 0.717) is 16.9 Å². The first-order valence-electron chi connectivity index (χ1n) is 10.4. The Morgan fingerprint density at radius 3 is 2.44 bits per heavy atom. The zero-order chi connectivity index (χ0) is 26.0. The third-order valence-electron chi connectivity index (χ3n) is 5.26. The molecular formula is C24H18F3N5O4. The summed E-state index contributed by atoms with van der Waals surface area (Å²) in [6, 6.07) is 15.1. The number of methoxy groups -OCH3 is 1. The molecule has 0 saturated heterocycles. The van der Waals surface area contributed by atoms with Crippen LogP contribution in [0.4, 0.5) is 24.5 Å². The average molecular weight is 497 g/mol. The van der Waals surface area contributed by atoms with E-state index >= 15 is 0 Å². The zero-order valence-electron chi connectivity index (χ0n) is 18.9. The smallest absolute Gasteiger partial charge is 0.416 e. The molecule has 0 aliphatic rings. The SMILES string of the molecule is COc1nc(-c2cccc(C(F)(F)F)c2)n(-c2ccc(NC(=O)c3ccc(C)c([N+](=O)[O-])c3)cc2)n1. The van der Waals surface area contributed by atoms with Crippen LogP contribution in [-0.2, 0) is 6.18 Å². The predicted octanol–water partition coefficient (Wildman–Crippen LogP) is 5.43. The zero-order valence-corrected chi connectivity index (χ0v) is 18.9. The van der Waals surface area contributed by atoms with Crippen molar-refractivity contribution < 1.29 is 27.6 Å². The molecule has 0 aliphatic carbocycles. The molecule has 4 aromatic rings. The second-order valence-corrected chi connectivity index (χ2v) is 7.67. The summed E-state index contributed by atoms with van der Waals surface area (Å²) in [5.74, 6) is -0.417. The molecule has 184 valence electrons. The van der Waals surface area contributed by atoms with Crippen LogP contribution in [0.25, 0.3) is 17.1 Å². The number of halogens is 3. The van der Waals surface area contributed by atoms with Gasteiger partial charge in [-0.1, -0.05) is 18.2 Å². The van der Waals surface area contributed by atoms with Gasteiger partial charge in [0.2, 0.25) is 0 Å². The van der Waals surface area contributed by atoms with E-state index in [1.807, 2.05) is 0 Å². The van der Waals surface area contributed by atoms with Crippen LogP contribution in [-0.4, -0.2) is 32.7 Å². The summed E-state index contributed by atoms with van der Waals surface area (Å²) in [6.07, 6.45) is -4.53. The molecule has 0 atom stereocenters. The number of hydrogen-bond acceptors (Lipinski definition) is 6. The Labute approximate surface area is 202 Å². The molecule has 1 N–H and O–H groups in total. The topological polar surface area (TPSA) is 112 Å². The number of carbonyl (C=O) groups is 1. The maximum absolute atomic E-state index is 13.2. The first-order valence-corrected chi connectivity index (χ1v) is 10.4. The Morgan fingerprint density at radius 1 is 1.08 bits per heavy atom. The van der Waals surface area contributed by atoms with Crippen molar-refractivity contribution in [2.24, 2.45) is 0 Å². The van der Waals surface area contributed by atoms with Gasteiger partial charge in [-0.05, 0) is 49.4 Å². The van der Waals surface area contributed by atoms with E-state index in [2.05, 4.69) is 15.4 Å². The fourth-order valence-electron chi connectivity index (χ4n) is 3.42. The van der Waals surface area contributed by atoms with Crippen LogP contribution in [0.3, 0.4) is 0 Å². The Hall–Kier alpha value is -4.74. The standard InChI is InChI=1S/C24H18F3N5O4/c1-14-6-7-16(13-20(14)32(34)35)22(33)28-18-8-10-19(11-9-18)31-21(29-23(30-31)36-2)15-4-3-5-17(12-15)24(25,26)27/h3-13H,1-2H3,(H,28,33). The number of hydrogen-bond donors (Lipinski definition) is 1. The van der Waals surface area contributed by atoms with Crippen LogP contribution >= 0.6 is 0 Å².